The molecule has 0 aliphatic rings. The molecule has 0 amide bonds. The van der Waals surface area contributed by atoms with Crippen LogP contribution in [0.1, 0.15) is 41.9 Å². The highest BCUT2D eigenvalue weighted by atomic mass is 35.5. The van der Waals surface area contributed by atoms with E-state index >= 15 is 0 Å². The summed E-state index contributed by atoms with van der Waals surface area (Å²) in [6, 6.07) is 4.38. The molecule has 1 atom stereocenters. The Morgan fingerprint density at radius 1 is 1.45 bits per heavy atom. The summed E-state index contributed by atoms with van der Waals surface area (Å²) in [5.41, 5.74) is 4.03. The topological polar surface area (TPSA) is 63.8 Å². The third-order valence-corrected chi connectivity index (χ3v) is 4.28. The molecule has 4 nitrogen and oxygen atoms in total. The fourth-order valence-corrected chi connectivity index (χ4v) is 3.11. The molecule has 0 aliphatic heterocycles. The second-order valence-electron chi connectivity index (χ2n) is 4.80. The molecule has 0 fully saturated rings. The third kappa shape index (κ3) is 3.15. The summed E-state index contributed by atoms with van der Waals surface area (Å²) in [7, 11) is 0. The smallest absolute Gasteiger partial charge is 0.127 e. The molecule has 7 heteroatoms. The zero-order valence-electron chi connectivity index (χ0n) is 11.2. The lowest BCUT2D eigenvalue weighted by Crippen LogP contribution is -2.30. The molecule has 2 aromatic rings. The monoisotopic (exact) mass is 314 g/mol. The Labute approximate surface area is 126 Å². The molecular formula is C13H16ClFN4S. The predicted molar refractivity (Wildman–Crippen MR) is 79.2 cm³/mol. The fraction of sp³-hybridized carbons (Fsp3) is 0.385. The Bertz CT molecular complexity index is 567. The lowest BCUT2D eigenvalue weighted by molar-refractivity contribution is 0.529. The van der Waals surface area contributed by atoms with Gasteiger partial charge in [0.2, 0.25) is 0 Å². The summed E-state index contributed by atoms with van der Waals surface area (Å²) in [5.74, 6) is 5.52. The number of rotatable bonds is 5. The summed E-state index contributed by atoms with van der Waals surface area (Å²) in [6.45, 7) is 4.06. The van der Waals surface area contributed by atoms with Crippen molar-refractivity contribution in [2.45, 2.75) is 32.2 Å². The van der Waals surface area contributed by atoms with Crippen molar-refractivity contribution in [2.24, 2.45) is 5.84 Å². The Kier molecular flexibility index (Phi) is 5.04. The molecule has 0 spiro atoms. The van der Waals surface area contributed by atoms with Crippen LogP contribution in [0.5, 0.6) is 0 Å². The van der Waals surface area contributed by atoms with E-state index < -0.39 is 0 Å². The van der Waals surface area contributed by atoms with Gasteiger partial charge in [0.25, 0.3) is 0 Å². The molecule has 0 radical (unpaired) electrons. The number of aromatic nitrogens is 2. The largest absolute Gasteiger partial charge is 0.271 e. The molecule has 0 saturated carbocycles. The molecule has 108 valence electrons. The van der Waals surface area contributed by atoms with Crippen molar-refractivity contribution in [3.63, 3.8) is 0 Å². The lowest BCUT2D eigenvalue weighted by atomic mass is 10.0. The summed E-state index contributed by atoms with van der Waals surface area (Å²) in [6.07, 6.45) is 0.353. The minimum absolute atomic E-state index is 0.232. The average Bonchev–Trinajstić information content (AvgIpc) is 2.88. The highest BCUT2D eigenvalue weighted by molar-refractivity contribution is 7.05. The first-order valence-electron chi connectivity index (χ1n) is 6.25. The molecule has 1 heterocycles. The predicted octanol–water partition coefficient (Wildman–Crippen LogP) is 3.20. The number of halogens is 2. The first kappa shape index (κ1) is 15.3. The van der Waals surface area contributed by atoms with Gasteiger partial charge in [-0.15, -0.1) is 5.10 Å². The second-order valence-corrected chi connectivity index (χ2v) is 5.99. The maximum Gasteiger partial charge on any atom is 0.127 e. The highest BCUT2D eigenvalue weighted by Gasteiger charge is 2.22. The zero-order valence-corrected chi connectivity index (χ0v) is 12.8. The van der Waals surface area contributed by atoms with Gasteiger partial charge in [0.1, 0.15) is 5.82 Å². The van der Waals surface area contributed by atoms with Crippen molar-refractivity contribution in [3.05, 3.63) is 45.2 Å². The van der Waals surface area contributed by atoms with E-state index in [-0.39, 0.29) is 17.8 Å². The molecule has 1 unspecified atom stereocenters. The maximum absolute atomic E-state index is 13.9. The van der Waals surface area contributed by atoms with Crippen LogP contribution in [-0.2, 0) is 6.42 Å². The van der Waals surface area contributed by atoms with Gasteiger partial charge in [-0.2, -0.15) is 0 Å². The van der Waals surface area contributed by atoms with Gasteiger partial charge in [0.05, 0.1) is 16.6 Å². The van der Waals surface area contributed by atoms with Crippen molar-refractivity contribution in [2.75, 3.05) is 0 Å². The van der Waals surface area contributed by atoms with Crippen molar-refractivity contribution in [1.82, 2.24) is 15.0 Å². The number of hydrazine groups is 1. The summed E-state index contributed by atoms with van der Waals surface area (Å²) in [4.78, 5) is 0.918. The summed E-state index contributed by atoms with van der Waals surface area (Å²) >= 11 is 7.33. The van der Waals surface area contributed by atoms with Crippen molar-refractivity contribution in [1.29, 1.82) is 0 Å². The Morgan fingerprint density at radius 3 is 2.80 bits per heavy atom. The second kappa shape index (κ2) is 6.58. The van der Waals surface area contributed by atoms with Gasteiger partial charge < -0.3 is 0 Å². The summed E-state index contributed by atoms with van der Waals surface area (Å²) < 4.78 is 17.8. The van der Waals surface area contributed by atoms with E-state index in [0.717, 1.165) is 10.6 Å². The van der Waals surface area contributed by atoms with E-state index in [0.29, 0.717) is 17.0 Å². The Morgan fingerprint density at radius 2 is 2.20 bits per heavy atom. The van der Waals surface area contributed by atoms with Crippen molar-refractivity contribution in [3.8, 4) is 0 Å². The van der Waals surface area contributed by atoms with Gasteiger partial charge in [-0.25, -0.2) is 4.39 Å². The van der Waals surface area contributed by atoms with E-state index in [2.05, 4.69) is 15.0 Å². The third-order valence-electron chi connectivity index (χ3n) is 3.07. The van der Waals surface area contributed by atoms with Crippen LogP contribution in [0.25, 0.3) is 0 Å². The standard InChI is InChI=1S/C13H16ClFN4S/c1-7(2)12-13(20-19-18-12)11(17-16)6-8-9(14)4-3-5-10(8)15/h3-5,7,11,17H,6,16H2,1-2H3. The van der Waals surface area contributed by atoms with Gasteiger partial charge >= 0.3 is 0 Å². The highest BCUT2D eigenvalue weighted by Crippen LogP contribution is 2.30. The van der Waals surface area contributed by atoms with Crippen molar-refractivity contribution >= 4 is 23.1 Å². The van der Waals surface area contributed by atoms with Gasteiger partial charge in [0, 0.05) is 10.6 Å². The van der Waals surface area contributed by atoms with Gasteiger partial charge in [-0.05, 0) is 36.0 Å². The first-order valence-corrected chi connectivity index (χ1v) is 7.40. The number of nitrogens with two attached hydrogens (primary N) is 1. The quantitative estimate of drug-likeness (QED) is 0.657. The molecule has 1 aromatic carbocycles. The van der Waals surface area contributed by atoms with E-state index in [1.807, 2.05) is 13.8 Å². The van der Waals surface area contributed by atoms with Gasteiger partial charge in [-0.3, -0.25) is 11.3 Å². The van der Waals surface area contributed by atoms with Gasteiger partial charge in [-0.1, -0.05) is 36.0 Å². The molecular weight excluding hydrogens is 299 g/mol. The van der Waals surface area contributed by atoms with Gasteiger partial charge in [0.15, 0.2) is 0 Å². The van der Waals surface area contributed by atoms with Crippen LogP contribution in [0, 0.1) is 5.82 Å². The number of benzene rings is 1. The molecule has 0 saturated heterocycles. The lowest BCUT2D eigenvalue weighted by Gasteiger charge is -2.17. The Balaban J connectivity index is 2.32. The molecule has 1 aromatic heterocycles. The minimum Gasteiger partial charge on any atom is -0.271 e. The number of nitrogens with one attached hydrogen (secondary N) is 1. The average molecular weight is 315 g/mol. The first-order chi connectivity index (χ1) is 9.54. The van der Waals surface area contributed by atoms with Crippen molar-refractivity contribution < 1.29 is 4.39 Å². The number of hydrogen-bond donors (Lipinski definition) is 2. The number of hydrogen-bond acceptors (Lipinski definition) is 5. The van der Waals surface area contributed by atoms with Crippen LogP contribution in [0.3, 0.4) is 0 Å². The van der Waals surface area contributed by atoms with Crippen LogP contribution >= 0.6 is 23.1 Å². The SMILES string of the molecule is CC(C)c1nnsc1C(Cc1c(F)cccc1Cl)NN. The van der Waals surface area contributed by atoms with E-state index in [4.69, 9.17) is 17.4 Å². The molecule has 20 heavy (non-hydrogen) atoms. The maximum atomic E-state index is 13.9. The van der Waals surface area contributed by atoms with Crippen LogP contribution in [-0.4, -0.2) is 9.59 Å². The molecule has 0 bridgehead atoms. The van der Waals surface area contributed by atoms with E-state index in [1.165, 1.54) is 17.6 Å². The van der Waals surface area contributed by atoms with E-state index in [9.17, 15) is 4.39 Å². The Hall–Kier alpha value is -1.08. The summed E-state index contributed by atoms with van der Waals surface area (Å²) in [5, 5.41) is 4.51. The molecule has 0 aliphatic carbocycles. The van der Waals surface area contributed by atoms with Crippen LogP contribution in [0.4, 0.5) is 4.39 Å². The normalized spacial score (nSPS) is 12.9. The van der Waals surface area contributed by atoms with Crippen LogP contribution in [0.2, 0.25) is 5.02 Å². The zero-order chi connectivity index (χ0) is 14.7. The number of nitrogens with zero attached hydrogens (tertiary/aromatic N) is 2. The molecule has 2 rings (SSSR count). The fourth-order valence-electron chi connectivity index (χ4n) is 2.01. The van der Waals surface area contributed by atoms with Crippen LogP contribution in [0.15, 0.2) is 18.2 Å². The van der Waals surface area contributed by atoms with E-state index in [1.54, 1.807) is 12.1 Å². The van der Waals surface area contributed by atoms with Crippen LogP contribution < -0.4 is 11.3 Å². The minimum atomic E-state index is -0.332. The molecule has 3 N–H and O–H groups in total.